The third-order valence-corrected chi connectivity index (χ3v) is 3.74. The zero-order chi connectivity index (χ0) is 11.4. The van der Waals surface area contributed by atoms with Gasteiger partial charge in [-0.05, 0) is 36.0 Å². The molecular formula is C10H14N4OS. The second-order valence-corrected chi connectivity index (χ2v) is 4.93. The first kappa shape index (κ1) is 11.2. The lowest BCUT2D eigenvalue weighted by Gasteiger charge is -2.09. The van der Waals surface area contributed by atoms with Crippen LogP contribution in [0.1, 0.15) is 16.9 Å². The summed E-state index contributed by atoms with van der Waals surface area (Å²) in [7, 11) is 0. The van der Waals surface area contributed by atoms with E-state index in [1.807, 2.05) is 11.8 Å². The van der Waals surface area contributed by atoms with E-state index < -0.39 is 5.91 Å². The van der Waals surface area contributed by atoms with Crippen LogP contribution in [0, 0.1) is 5.92 Å². The molecule has 3 N–H and O–H groups in total. The fourth-order valence-electron chi connectivity index (χ4n) is 1.55. The maximum atomic E-state index is 10.8. The molecule has 0 aromatic carbocycles. The number of rotatable bonds is 4. The Bertz CT molecular complexity index is 362. The van der Waals surface area contributed by atoms with Crippen LogP contribution in [0.5, 0.6) is 0 Å². The summed E-state index contributed by atoms with van der Waals surface area (Å²) in [6.45, 7) is 0.914. The number of hydrogen-bond acceptors (Lipinski definition) is 5. The quantitative estimate of drug-likeness (QED) is 0.808. The summed E-state index contributed by atoms with van der Waals surface area (Å²) < 4.78 is 0. The van der Waals surface area contributed by atoms with Crippen molar-refractivity contribution in [3.05, 3.63) is 17.8 Å². The van der Waals surface area contributed by atoms with Gasteiger partial charge in [0.15, 0.2) is 5.69 Å². The highest BCUT2D eigenvalue weighted by atomic mass is 32.2. The molecule has 0 radical (unpaired) electrons. The van der Waals surface area contributed by atoms with Crippen LogP contribution in [0.4, 0.5) is 5.82 Å². The van der Waals surface area contributed by atoms with Gasteiger partial charge in [0.2, 0.25) is 0 Å². The highest BCUT2D eigenvalue weighted by molar-refractivity contribution is 7.99. The Hall–Kier alpha value is -1.30. The number of nitrogens with one attached hydrogen (secondary N) is 1. The summed E-state index contributed by atoms with van der Waals surface area (Å²) in [4.78, 5) is 10.8. The highest BCUT2D eigenvalue weighted by Gasteiger charge is 2.15. The van der Waals surface area contributed by atoms with Gasteiger partial charge < -0.3 is 11.1 Å². The van der Waals surface area contributed by atoms with E-state index in [0.717, 1.165) is 6.54 Å². The Morgan fingerprint density at radius 2 is 2.44 bits per heavy atom. The molecule has 1 atom stereocenters. The first-order chi connectivity index (χ1) is 7.75. The predicted octanol–water partition coefficient (Wildman–Crippen LogP) is 0.740. The average molecular weight is 238 g/mol. The molecule has 0 saturated carbocycles. The van der Waals surface area contributed by atoms with Crippen LogP contribution in [0.25, 0.3) is 0 Å². The maximum absolute atomic E-state index is 10.8. The zero-order valence-corrected chi connectivity index (χ0v) is 9.67. The van der Waals surface area contributed by atoms with Crippen molar-refractivity contribution in [3.8, 4) is 0 Å². The average Bonchev–Trinajstić information content (AvgIpc) is 2.80. The molecule has 2 heterocycles. The molecule has 16 heavy (non-hydrogen) atoms. The molecule has 6 heteroatoms. The molecule has 0 bridgehead atoms. The Labute approximate surface area is 98.2 Å². The van der Waals surface area contributed by atoms with Crippen LogP contribution in [0.3, 0.4) is 0 Å². The van der Waals surface area contributed by atoms with Gasteiger partial charge in [-0.15, -0.1) is 10.2 Å². The van der Waals surface area contributed by atoms with Gasteiger partial charge >= 0.3 is 0 Å². The minimum Gasteiger partial charge on any atom is -0.368 e. The summed E-state index contributed by atoms with van der Waals surface area (Å²) in [5.74, 6) is 3.31. The molecular weight excluding hydrogens is 224 g/mol. The fourth-order valence-corrected chi connectivity index (χ4v) is 2.84. The molecule has 1 amide bonds. The van der Waals surface area contributed by atoms with E-state index in [1.165, 1.54) is 17.9 Å². The van der Waals surface area contributed by atoms with Gasteiger partial charge in [-0.1, -0.05) is 0 Å². The van der Waals surface area contributed by atoms with Crippen molar-refractivity contribution in [2.45, 2.75) is 6.42 Å². The maximum Gasteiger partial charge on any atom is 0.269 e. The molecule has 86 valence electrons. The molecule has 0 spiro atoms. The Morgan fingerprint density at radius 1 is 1.56 bits per heavy atom. The molecule has 1 aromatic heterocycles. The van der Waals surface area contributed by atoms with E-state index in [0.29, 0.717) is 11.7 Å². The first-order valence-corrected chi connectivity index (χ1v) is 6.36. The van der Waals surface area contributed by atoms with E-state index in [2.05, 4.69) is 15.5 Å². The number of primary amides is 1. The lowest BCUT2D eigenvalue weighted by molar-refractivity contribution is 0.0994. The molecule has 2 rings (SSSR count). The molecule has 0 aliphatic carbocycles. The standard InChI is InChI=1S/C10H14N4OS/c11-10(15)8-1-2-9(14-13-8)12-5-7-3-4-16-6-7/h1-2,7H,3-6H2,(H2,11,15)(H,12,14). The highest BCUT2D eigenvalue weighted by Crippen LogP contribution is 2.23. The molecule has 1 aliphatic rings. The van der Waals surface area contributed by atoms with Crippen LogP contribution in [0.2, 0.25) is 0 Å². The summed E-state index contributed by atoms with van der Waals surface area (Å²) >= 11 is 1.99. The second kappa shape index (κ2) is 5.16. The van der Waals surface area contributed by atoms with Gasteiger partial charge in [-0.3, -0.25) is 4.79 Å². The van der Waals surface area contributed by atoms with Crippen molar-refractivity contribution in [1.29, 1.82) is 0 Å². The summed E-state index contributed by atoms with van der Waals surface area (Å²) in [5, 5.41) is 10.8. The monoisotopic (exact) mass is 238 g/mol. The smallest absolute Gasteiger partial charge is 0.269 e. The minimum atomic E-state index is -0.550. The molecule has 1 aliphatic heterocycles. The molecule has 1 aromatic rings. The lowest BCUT2D eigenvalue weighted by atomic mass is 10.1. The molecule has 1 unspecified atom stereocenters. The van der Waals surface area contributed by atoms with Crippen LogP contribution < -0.4 is 11.1 Å². The molecule has 1 fully saturated rings. The number of carbonyl (C=O) groups is 1. The Morgan fingerprint density at radius 3 is 3.00 bits per heavy atom. The number of anilines is 1. The van der Waals surface area contributed by atoms with Gasteiger partial charge in [-0.25, -0.2) is 0 Å². The van der Waals surface area contributed by atoms with Gasteiger partial charge in [0.1, 0.15) is 5.82 Å². The normalized spacial score (nSPS) is 19.6. The van der Waals surface area contributed by atoms with E-state index in [9.17, 15) is 4.79 Å². The minimum absolute atomic E-state index is 0.196. The number of amides is 1. The first-order valence-electron chi connectivity index (χ1n) is 5.21. The number of nitrogens with zero attached hydrogens (tertiary/aromatic N) is 2. The third-order valence-electron chi connectivity index (χ3n) is 2.51. The molecule has 1 saturated heterocycles. The van der Waals surface area contributed by atoms with Crippen molar-refractivity contribution < 1.29 is 4.79 Å². The number of nitrogens with two attached hydrogens (primary N) is 1. The van der Waals surface area contributed by atoms with Gasteiger partial charge in [0, 0.05) is 6.54 Å². The fraction of sp³-hybridized carbons (Fsp3) is 0.500. The number of hydrogen-bond donors (Lipinski definition) is 2. The Balaban J connectivity index is 1.87. The topological polar surface area (TPSA) is 80.9 Å². The van der Waals surface area contributed by atoms with Gasteiger partial charge in [0.25, 0.3) is 5.91 Å². The van der Waals surface area contributed by atoms with Crippen LogP contribution in [-0.4, -0.2) is 34.2 Å². The number of thioether (sulfide) groups is 1. The zero-order valence-electron chi connectivity index (χ0n) is 8.85. The van der Waals surface area contributed by atoms with Crippen molar-refractivity contribution in [2.24, 2.45) is 11.7 Å². The largest absolute Gasteiger partial charge is 0.368 e. The number of aromatic nitrogens is 2. The van der Waals surface area contributed by atoms with Crippen LogP contribution >= 0.6 is 11.8 Å². The van der Waals surface area contributed by atoms with Crippen LogP contribution in [0.15, 0.2) is 12.1 Å². The van der Waals surface area contributed by atoms with Gasteiger partial charge in [-0.2, -0.15) is 11.8 Å². The SMILES string of the molecule is NC(=O)c1ccc(NCC2CCSC2)nn1. The van der Waals surface area contributed by atoms with E-state index in [1.54, 1.807) is 12.1 Å². The van der Waals surface area contributed by atoms with Crippen molar-refractivity contribution in [3.63, 3.8) is 0 Å². The summed E-state index contributed by atoms with van der Waals surface area (Å²) in [6.07, 6.45) is 1.25. The second-order valence-electron chi connectivity index (χ2n) is 3.78. The summed E-state index contributed by atoms with van der Waals surface area (Å²) in [6, 6.07) is 3.32. The van der Waals surface area contributed by atoms with Gasteiger partial charge in [0.05, 0.1) is 0 Å². The van der Waals surface area contributed by atoms with Crippen molar-refractivity contribution >= 4 is 23.5 Å². The van der Waals surface area contributed by atoms with E-state index >= 15 is 0 Å². The lowest BCUT2D eigenvalue weighted by Crippen LogP contribution is -2.16. The Kier molecular flexibility index (Phi) is 3.61. The summed E-state index contributed by atoms with van der Waals surface area (Å²) in [5.41, 5.74) is 5.27. The molecule has 5 nitrogen and oxygen atoms in total. The van der Waals surface area contributed by atoms with Crippen molar-refractivity contribution in [2.75, 3.05) is 23.4 Å². The third kappa shape index (κ3) is 2.85. The predicted molar refractivity (Wildman–Crippen MR) is 64.5 cm³/mol. The number of carbonyl (C=O) groups excluding carboxylic acids is 1. The van der Waals surface area contributed by atoms with Crippen molar-refractivity contribution in [1.82, 2.24) is 10.2 Å². The van der Waals surface area contributed by atoms with E-state index in [-0.39, 0.29) is 5.69 Å². The van der Waals surface area contributed by atoms with Crippen LogP contribution in [-0.2, 0) is 0 Å². The van der Waals surface area contributed by atoms with E-state index in [4.69, 9.17) is 5.73 Å².